The molecule has 0 fully saturated rings. The maximum Gasteiger partial charge on any atom is 0.120 e. The van der Waals surface area contributed by atoms with Gasteiger partial charge in [-0.3, -0.25) is 0 Å². The Morgan fingerprint density at radius 1 is 1.06 bits per heavy atom. The molecular weight excluding hydrogens is 246 g/mol. The molecule has 4 nitrogen and oxygen atoms in total. The first-order valence-corrected chi connectivity index (χ1v) is 6.89. The molecule has 5 heteroatoms. The number of benzene rings is 1. The number of hydrogen-bond donors (Lipinski definition) is 1. The number of aryl methyl sites for hydroxylation is 1. The summed E-state index contributed by atoms with van der Waals surface area (Å²) in [6, 6.07) is 9.80. The zero-order valence-corrected chi connectivity index (χ0v) is 11.0. The van der Waals surface area contributed by atoms with Crippen LogP contribution in [0.3, 0.4) is 0 Å². The van der Waals surface area contributed by atoms with Crippen molar-refractivity contribution in [2.24, 2.45) is 5.73 Å². The van der Waals surface area contributed by atoms with E-state index < -0.39 is 0 Å². The van der Waals surface area contributed by atoms with Crippen molar-refractivity contribution in [3.8, 4) is 5.75 Å². The summed E-state index contributed by atoms with van der Waals surface area (Å²) in [5.41, 5.74) is 5.46. The number of para-hydroxylation sites is 1. The lowest BCUT2D eigenvalue weighted by Gasteiger charge is -2.03. The third-order valence-electron chi connectivity index (χ3n) is 2.43. The first kappa shape index (κ1) is 13.0. The van der Waals surface area contributed by atoms with Crippen LogP contribution in [0.5, 0.6) is 5.75 Å². The Kier molecular flexibility index (Phi) is 5.11. The summed E-state index contributed by atoms with van der Waals surface area (Å²) in [5.74, 6) is 0.894. The van der Waals surface area contributed by atoms with E-state index >= 15 is 0 Å². The Morgan fingerprint density at radius 3 is 2.50 bits per heavy atom. The van der Waals surface area contributed by atoms with Crippen molar-refractivity contribution in [1.82, 2.24) is 10.2 Å². The minimum absolute atomic E-state index is 0.634. The van der Waals surface area contributed by atoms with E-state index in [1.54, 1.807) is 11.3 Å². The quantitative estimate of drug-likeness (QED) is 0.830. The molecule has 1 heterocycles. The molecule has 0 aliphatic carbocycles. The van der Waals surface area contributed by atoms with Crippen LogP contribution in [-0.2, 0) is 12.8 Å². The second-order valence-electron chi connectivity index (χ2n) is 3.89. The molecule has 1 aromatic heterocycles. The number of rotatable bonds is 7. The van der Waals surface area contributed by atoms with Crippen molar-refractivity contribution in [1.29, 1.82) is 0 Å². The van der Waals surface area contributed by atoms with Crippen LogP contribution in [0.15, 0.2) is 30.3 Å². The van der Waals surface area contributed by atoms with Crippen LogP contribution in [0, 0.1) is 0 Å². The minimum Gasteiger partial charge on any atom is -0.493 e. The molecule has 0 saturated carbocycles. The number of hydrogen-bond acceptors (Lipinski definition) is 5. The first-order chi connectivity index (χ1) is 8.88. The molecule has 2 aromatic rings. The standard InChI is InChI=1S/C13H17N3OS/c14-9-4-7-12-15-16-13(18-12)8-10-17-11-5-2-1-3-6-11/h1-3,5-6H,4,7-10,14H2. The van der Waals surface area contributed by atoms with E-state index in [-0.39, 0.29) is 0 Å². The van der Waals surface area contributed by atoms with E-state index in [4.69, 9.17) is 10.5 Å². The lowest BCUT2D eigenvalue weighted by Crippen LogP contribution is -2.00. The maximum absolute atomic E-state index is 5.62. The van der Waals surface area contributed by atoms with Gasteiger partial charge in [0.2, 0.25) is 0 Å². The molecule has 0 radical (unpaired) electrons. The van der Waals surface area contributed by atoms with Crippen LogP contribution < -0.4 is 10.5 Å². The lowest BCUT2D eigenvalue weighted by atomic mass is 10.3. The van der Waals surface area contributed by atoms with E-state index in [1.807, 2.05) is 30.3 Å². The zero-order chi connectivity index (χ0) is 12.6. The molecule has 0 aliphatic rings. The Bertz CT molecular complexity index is 458. The number of nitrogens with two attached hydrogens (primary N) is 1. The van der Waals surface area contributed by atoms with E-state index in [0.717, 1.165) is 35.0 Å². The molecule has 2 N–H and O–H groups in total. The lowest BCUT2D eigenvalue weighted by molar-refractivity contribution is 0.321. The highest BCUT2D eigenvalue weighted by Gasteiger charge is 2.04. The molecule has 0 atom stereocenters. The van der Waals surface area contributed by atoms with Gasteiger partial charge in [0.05, 0.1) is 6.61 Å². The van der Waals surface area contributed by atoms with Gasteiger partial charge >= 0.3 is 0 Å². The molecule has 0 bridgehead atoms. The van der Waals surface area contributed by atoms with Crippen LogP contribution in [0.1, 0.15) is 16.4 Å². The number of aromatic nitrogens is 2. The Labute approximate surface area is 111 Å². The normalized spacial score (nSPS) is 10.5. The van der Waals surface area contributed by atoms with E-state index in [1.165, 1.54) is 0 Å². The number of nitrogens with zero attached hydrogens (tertiary/aromatic N) is 2. The van der Waals surface area contributed by atoms with Gasteiger partial charge in [-0.1, -0.05) is 18.2 Å². The third kappa shape index (κ3) is 4.09. The van der Waals surface area contributed by atoms with Crippen molar-refractivity contribution >= 4 is 11.3 Å². The van der Waals surface area contributed by atoms with Crippen molar-refractivity contribution < 1.29 is 4.74 Å². The van der Waals surface area contributed by atoms with Gasteiger partial charge in [0.15, 0.2) is 0 Å². The predicted molar refractivity (Wildman–Crippen MR) is 72.9 cm³/mol. The van der Waals surface area contributed by atoms with Gasteiger partial charge in [-0.2, -0.15) is 0 Å². The fourth-order valence-corrected chi connectivity index (χ4v) is 2.38. The molecule has 2 rings (SSSR count). The first-order valence-electron chi connectivity index (χ1n) is 6.07. The molecule has 0 spiro atoms. The summed E-state index contributed by atoms with van der Waals surface area (Å²) in [6.45, 7) is 1.33. The monoisotopic (exact) mass is 263 g/mol. The summed E-state index contributed by atoms with van der Waals surface area (Å²) in [5, 5.41) is 10.4. The van der Waals surface area contributed by atoms with Crippen molar-refractivity contribution in [3.05, 3.63) is 40.3 Å². The van der Waals surface area contributed by atoms with Crippen molar-refractivity contribution in [2.75, 3.05) is 13.2 Å². The molecule has 18 heavy (non-hydrogen) atoms. The third-order valence-corrected chi connectivity index (χ3v) is 3.47. The molecule has 96 valence electrons. The zero-order valence-electron chi connectivity index (χ0n) is 10.2. The minimum atomic E-state index is 0.634. The highest BCUT2D eigenvalue weighted by molar-refractivity contribution is 7.11. The summed E-state index contributed by atoms with van der Waals surface area (Å²) in [7, 11) is 0. The average molecular weight is 263 g/mol. The highest BCUT2D eigenvalue weighted by Crippen LogP contribution is 2.13. The fraction of sp³-hybridized carbons (Fsp3) is 0.385. The van der Waals surface area contributed by atoms with E-state index in [9.17, 15) is 0 Å². The van der Waals surface area contributed by atoms with Crippen LogP contribution in [0.25, 0.3) is 0 Å². The molecule has 1 aromatic carbocycles. The van der Waals surface area contributed by atoms with Crippen LogP contribution in [0.4, 0.5) is 0 Å². The van der Waals surface area contributed by atoms with Gasteiger partial charge in [0.1, 0.15) is 15.8 Å². The maximum atomic E-state index is 5.62. The van der Waals surface area contributed by atoms with Crippen LogP contribution >= 0.6 is 11.3 Å². The summed E-state index contributed by atoms with van der Waals surface area (Å²) >= 11 is 1.65. The van der Waals surface area contributed by atoms with E-state index in [0.29, 0.717) is 13.2 Å². The second kappa shape index (κ2) is 7.08. The Morgan fingerprint density at radius 2 is 1.78 bits per heavy atom. The Hall–Kier alpha value is -1.46. The smallest absolute Gasteiger partial charge is 0.120 e. The van der Waals surface area contributed by atoms with Gasteiger partial charge in [-0.25, -0.2) is 0 Å². The molecular formula is C13H17N3OS. The van der Waals surface area contributed by atoms with E-state index in [2.05, 4.69) is 10.2 Å². The van der Waals surface area contributed by atoms with Gasteiger partial charge in [0.25, 0.3) is 0 Å². The largest absolute Gasteiger partial charge is 0.493 e. The number of ether oxygens (including phenoxy) is 1. The van der Waals surface area contributed by atoms with Crippen LogP contribution in [0.2, 0.25) is 0 Å². The van der Waals surface area contributed by atoms with Gasteiger partial charge in [-0.05, 0) is 25.1 Å². The predicted octanol–water partition coefficient (Wildman–Crippen LogP) is 2.05. The SMILES string of the molecule is NCCCc1nnc(CCOc2ccccc2)s1. The molecule has 0 unspecified atom stereocenters. The van der Waals surface area contributed by atoms with Crippen molar-refractivity contribution in [3.63, 3.8) is 0 Å². The van der Waals surface area contributed by atoms with Gasteiger partial charge in [-0.15, -0.1) is 21.5 Å². The van der Waals surface area contributed by atoms with Crippen LogP contribution in [-0.4, -0.2) is 23.3 Å². The Balaban J connectivity index is 1.75. The van der Waals surface area contributed by atoms with Gasteiger partial charge in [0, 0.05) is 12.8 Å². The van der Waals surface area contributed by atoms with Gasteiger partial charge < -0.3 is 10.5 Å². The topological polar surface area (TPSA) is 61.0 Å². The molecule has 0 saturated heterocycles. The second-order valence-corrected chi connectivity index (χ2v) is 5.04. The summed E-state index contributed by atoms with van der Waals surface area (Å²) in [4.78, 5) is 0. The fourth-order valence-electron chi connectivity index (χ4n) is 1.52. The summed E-state index contributed by atoms with van der Waals surface area (Å²) < 4.78 is 5.62. The average Bonchev–Trinajstić information content (AvgIpc) is 2.85. The highest BCUT2D eigenvalue weighted by atomic mass is 32.1. The molecule has 0 aliphatic heterocycles. The molecule has 0 amide bonds. The van der Waals surface area contributed by atoms with Crippen molar-refractivity contribution in [2.45, 2.75) is 19.3 Å². The summed E-state index contributed by atoms with van der Waals surface area (Å²) in [6.07, 6.45) is 2.69.